The van der Waals surface area contributed by atoms with Crippen LogP contribution in [0.2, 0.25) is 0 Å². The standard InChI is InChI=1S/C12H11N3O/c1-9-3-2-4-10(12(9)16)7-14-11-5-6-13-8-15-11/h2-8,16H,1H3. The number of aliphatic imine (C=N–C) groups is 1. The first-order valence-corrected chi connectivity index (χ1v) is 4.86. The van der Waals surface area contributed by atoms with Crippen molar-refractivity contribution in [2.45, 2.75) is 6.92 Å². The Hall–Kier alpha value is -2.23. The molecule has 2 aromatic rings. The van der Waals surface area contributed by atoms with Gasteiger partial charge in [0.15, 0.2) is 5.82 Å². The third kappa shape index (κ3) is 2.23. The van der Waals surface area contributed by atoms with E-state index >= 15 is 0 Å². The minimum Gasteiger partial charge on any atom is -0.507 e. The van der Waals surface area contributed by atoms with Gasteiger partial charge >= 0.3 is 0 Å². The number of aryl methyl sites for hydroxylation is 1. The second kappa shape index (κ2) is 4.53. The molecule has 0 aliphatic carbocycles. The molecule has 0 spiro atoms. The summed E-state index contributed by atoms with van der Waals surface area (Å²) >= 11 is 0. The molecule has 0 saturated carbocycles. The Bertz CT molecular complexity index is 509. The molecule has 2 rings (SSSR count). The minimum atomic E-state index is 0.250. The first-order chi connectivity index (χ1) is 7.77. The van der Waals surface area contributed by atoms with Gasteiger partial charge in [0.2, 0.25) is 0 Å². The summed E-state index contributed by atoms with van der Waals surface area (Å²) in [5, 5.41) is 9.75. The molecule has 0 fully saturated rings. The monoisotopic (exact) mass is 213 g/mol. The SMILES string of the molecule is Cc1cccc(C=Nc2ccncn2)c1O. The zero-order valence-corrected chi connectivity index (χ0v) is 8.83. The summed E-state index contributed by atoms with van der Waals surface area (Å²) in [5.74, 6) is 0.816. The van der Waals surface area contributed by atoms with Crippen molar-refractivity contribution in [3.63, 3.8) is 0 Å². The van der Waals surface area contributed by atoms with Crippen molar-refractivity contribution in [3.05, 3.63) is 47.9 Å². The number of aromatic nitrogens is 2. The number of para-hydroxylation sites is 1. The molecule has 0 amide bonds. The van der Waals surface area contributed by atoms with E-state index in [1.807, 2.05) is 19.1 Å². The van der Waals surface area contributed by atoms with E-state index in [1.165, 1.54) is 6.33 Å². The molecule has 0 unspecified atom stereocenters. The molecule has 0 aliphatic rings. The lowest BCUT2D eigenvalue weighted by Crippen LogP contribution is -1.85. The zero-order valence-electron chi connectivity index (χ0n) is 8.83. The zero-order chi connectivity index (χ0) is 11.4. The number of aromatic hydroxyl groups is 1. The maximum Gasteiger partial charge on any atom is 0.155 e. The second-order valence-corrected chi connectivity index (χ2v) is 3.34. The van der Waals surface area contributed by atoms with Crippen LogP contribution in [0, 0.1) is 6.92 Å². The molecule has 16 heavy (non-hydrogen) atoms. The van der Waals surface area contributed by atoms with Crippen LogP contribution in [-0.2, 0) is 0 Å². The van der Waals surface area contributed by atoms with Gasteiger partial charge in [-0.05, 0) is 18.6 Å². The van der Waals surface area contributed by atoms with Gasteiger partial charge in [-0.25, -0.2) is 15.0 Å². The molecule has 1 aromatic heterocycles. The highest BCUT2D eigenvalue weighted by Gasteiger charge is 2.00. The van der Waals surface area contributed by atoms with Crippen molar-refractivity contribution in [1.82, 2.24) is 9.97 Å². The number of benzene rings is 1. The molecular weight excluding hydrogens is 202 g/mol. The number of hydrogen-bond acceptors (Lipinski definition) is 4. The van der Waals surface area contributed by atoms with Crippen molar-refractivity contribution in [1.29, 1.82) is 0 Å². The Morgan fingerprint density at radius 2 is 2.19 bits per heavy atom. The fourth-order valence-corrected chi connectivity index (χ4v) is 1.28. The molecule has 0 aliphatic heterocycles. The van der Waals surface area contributed by atoms with Gasteiger partial charge in [-0.1, -0.05) is 12.1 Å². The lowest BCUT2D eigenvalue weighted by molar-refractivity contribution is 0.470. The largest absolute Gasteiger partial charge is 0.507 e. The Morgan fingerprint density at radius 3 is 2.94 bits per heavy atom. The van der Waals surface area contributed by atoms with Crippen molar-refractivity contribution < 1.29 is 5.11 Å². The van der Waals surface area contributed by atoms with Crippen LogP contribution in [0.1, 0.15) is 11.1 Å². The van der Waals surface area contributed by atoms with E-state index < -0.39 is 0 Å². The van der Waals surface area contributed by atoms with E-state index in [0.717, 1.165) is 5.56 Å². The number of phenolic OH excluding ortho intramolecular Hbond substituents is 1. The Morgan fingerprint density at radius 1 is 1.31 bits per heavy atom. The van der Waals surface area contributed by atoms with Crippen LogP contribution in [0.4, 0.5) is 5.82 Å². The number of rotatable bonds is 2. The van der Waals surface area contributed by atoms with Gasteiger partial charge in [0.1, 0.15) is 12.1 Å². The molecule has 0 bridgehead atoms. The van der Waals surface area contributed by atoms with Gasteiger partial charge in [0.05, 0.1) is 0 Å². The van der Waals surface area contributed by atoms with Crippen molar-refractivity contribution in [3.8, 4) is 5.75 Å². The van der Waals surface area contributed by atoms with Crippen LogP contribution in [0.5, 0.6) is 5.75 Å². The van der Waals surface area contributed by atoms with Gasteiger partial charge in [0, 0.05) is 24.0 Å². The van der Waals surface area contributed by atoms with E-state index in [0.29, 0.717) is 11.4 Å². The summed E-state index contributed by atoms with van der Waals surface area (Å²) in [6.45, 7) is 1.84. The first kappa shape index (κ1) is 10.3. The van der Waals surface area contributed by atoms with E-state index in [9.17, 15) is 5.11 Å². The number of phenols is 1. The van der Waals surface area contributed by atoms with Crippen molar-refractivity contribution in [2.24, 2.45) is 4.99 Å². The second-order valence-electron chi connectivity index (χ2n) is 3.34. The summed E-state index contributed by atoms with van der Waals surface area (Å²) in [5.41, 5.74) is 1.50. The van der Waals surface area contributed by atoms with E-state index in [-0.39, 0.29) is 5.75 Å². The number of nitrogens with zero attached hydrogens (tertiary/aromatic N) is 3. The lowest BCUT2D eigenvalue weighted by atomic mass is 10.1. The molecule has 4 heteroatoms. The summed E-state index contributed by atoms with van der Waals surface area (Å²) in [6, 6.07) is 7.21. The Labute approximate surface area is 93.3 Å². The van der Waals surface area contributed by atoms with E-state index in [4.69, 9.17) is 0 Å². The van der Waals surface area contributed by atoms with Crippen LogP contribution in [-0.4, -0.2) is 21.3 Å². The Balaban J connectivity index is 2.28. The molecular formula is C12H11N3O. The molecule has 0 atom stereocenters. The molecule has 1 N–H and O–H groups in total. The normalized spacial score (nSPS) is 10.8. The third-order valence-electron chi connectivity index (χ3n) is 2.17. The highest BCUT2D eigenvalue weighted by molar-refractivity contribution is 5.85. The summed E-state index contributed by atoms with van der Waals surface area (Å²) in [6.07, 6.45) is 4.64. The van der Waals surface area contributed by atoms with Gasteiger partial charge in [-0.15, -0.1) is 0 Å². The van der Waals surface area contributed by atoms with Gasteiger partial charge in [0.25, 0.3) is 0 Å². The average Bonchev–Trinajstić information content (AvgIpc) is 2.32. The molecule has 0 saturated heterocycles. The predicted octanol–water partition coefficient (Wildman–Crippen LogP) is 2.24. The maximum atomic E-state index is 9.75. The molecule has 0 radical (unpaired) electrons. The first-order valence-electron chi connectivity index (χ1n) is 4.86. The fourth-order valence-electron chi connectivity index (χ4n) is 1.28. The predicted molar refractivity (Wildman–Crippen MR) is 62.1 cm³/mol. The topological polar surface area (TPSA) is 58.4 Å². The quantitative estimate of drug-likeness (QED) is 0.778. The summed E-state index contributed by atoms with van der Waals surface area (Å²) in [4.78, 5) is 11.9. The van der Waals surface area contributed by atoms with Crippen LogP contribution < -0.4 is 0 Å². The van der Waals surface area contributed by atoms with E-state index in [2.05, 4.69) is 15.0 Å². The molecule has 1 heterocycles. The molecule has 4 nitrogen and oxygen atoms in total. The van der Waals surface area contributed by atoms with Crippen molar-refractivity contribution in [2.75, 3.05) is 0 Å². The molecule has 1 aromatic carbocycles. The lowest BCUT2D eigenvalue weighted by Gasteiger charge is -2.01. The van der Waals surface area contributed by atoms with Gasteiger partial charge < -0.3 is 5.11 Å². The average molecular weight is 213 g/mol. The van der Waals surface area contributed by atoms with Crippen molar-refractivity contribution >= 4 is 12.0 Å². The van der Waals surface area contributed by atoms with Gasteiger partial charge in [-0.3, -0.25) is 0 Å². The highest BCUT2D eigenvalue weighted by Crippen LogP contribution is 2.20. The maximum absolute atomic E-state index is 9.75. The summed E-state index contributed by atoms with van der Waals surface area (Å²) < 4.78 is 0. The van der Waals surface area contributed by atoms with Gasteiger partial charge in [-0.2, -0.15) is 0 Å². The Kier molecular flexibility index (Phi) is 2.91. The smallest absolute Gasteiger partial charge is 0.155 e. The minimum absolute atomic E-state index is 0.250. The number of hydrogen-bond donors (Lipinski definition) is 1. The van der Waals surface area contributed by atoms with E-state index in [1.54, 1.807) is 24.5 Å². The van der Waals surface area contributed by atoms with Crippen LogP contribution >= 0.6 is 0 Å². The van der Waals surface area contributed by atoms with Crippen LogP contribution in [0.3, 0.4) is 0 Å². The molecule has 80 valence electrons. The highest BCUT2D eigenvalue weighted by atomic mass is 16.3. The van der Waals surface area contributed by atoms with Crippen LogP contribution in [0.25, 0.3) is 0 Å². The summed E-state index contributed by atoms with van der Waals surface area (Å²) in [7, 11) is 0. The third-order valence-corrected chi connectivity index (χ3v) is 2.17. The van der Waals surface area contributed by atoms with Crippen LogP contribution in [0.15, 0.2) is 41.8 Å². The fraction of sp³-hybridized carbons (Fsp3) is 0.0833.